The van der Waals surface area contributed by atoms with Gasteiger partial charge in [-0.3, -0.25) is 9.89 Å². The SMILES string of the molecule is COc1ccc(C(NC(=O)CSc2n[nH]c(/C=C/c3ccccc3)n2)c2ccc(OC)cc2)cc1. The van der Waals surface area contributed by atoms with Gasteiger partial charge >= 0.3 is 0 Å². The highest BCUT2D eigenvalue weighted by Crippen LogP contribution is 2.26. The smallest absolute Gasteiger partial charge is 0.231 e. The fourth-order valence-electron chi connectivity index (χ4n) is 3.42. The van der Waals surface area contributed by atoms with Crippen molar-refractivity contribution < 1.29 is 14.3 Å². The molecule has 0 saturated heterocycles. The molecule has 0 aliphatic rings. The molecule has 2 N–H and O–H groups in total. The van der Waals surface area contributed by atoms with Crippen LogP contribution in [0.25, 0.3) is 12.2 Å². The van der Waals surface area contributed by atoms with Gasteiger partial charge in [0.2, 0.25) is 11.1 Å². The average molecular weight is 487 g/mol. The van der Waals surface area contributed by atoms with Crippen LogP contribution in [-0.4, -0.2) is 41.1 Å². The Labute approximate surface area is 208 Å². The van der Waals surface area contributed by atoms with E-state index in [-0.39, 0.29) is 17.7 Å². The third-order valence-electron chi connectivity index (χ3n) is 5.25. The Bertz CT molecular complexity index is 1210. The Kier molecular flexibility index (Phi) is 8.19. The van der Waals surface area contributed by atoms with E-state index in [1.807, 2.05) is 91.0 Å². The molecule has 0 aliphatic heterocycles. The second kappa shape index (κ2) is 11.9. The zero-order valence-corrected chi connectivity index (χ0v) is 20.3. The summed E-state index contributed by atoms with van der Waals surface area (Å²) in [4.78, 5) is 17.3. The summed E-state index contributed by atoms with van der Waals surface area (Å²) in [6.07, 6.45) is 3.81. The third kappa shape index (κ3) is 6.74. The van der Waals surface area contributed by atoms with E-state index in [1.165, 1.54) is 11.8 Å². The number of thioether (sulfide) groups is 1. The Balaban J connectivity index is 1.41. The second-order valence-corrected chi connectivity index (χ2v) is 8.53. The second-order valence-electron chi connectivity index (χ2n) is 7.58. The van der Waals surface area contributed by atoms with Crippen LogP contribution in [-0.2, 0) is 4.79 Å². The van der Waals surface area contributed by atoms with Crippen molar-refractivity contribution in [2.24, 2.45) is 0 Å². The lowest BCUT2D eigenvalue weighted by Crippen LogP contribution is -2.30. The van der Waals surface area contributed by atoms with Crippen LogP contribution < -0.4 is 14.8 Å². The standard InChI is InChI=1S/C27H26N4O3S/c1-33-22-13-9-20(10-14-22)26(21-11-15-23(34-2)16-12-21)29-25(32)18-35-27-28-24(30-31-27)17-8-19-6-4-3-5-7-19/h3-17,26H,18H2,1-2H3,(H,29,32)(H,28,30,31)/b17-8+. The maximum absolute atomic E-state index is 12.9. The third-order valence-corrected chi connectivity index (χ3v) is 6.10. The topological polar surface area (TPSA) is 89.1 Å². The molecule has 0 bridgehead atoms. The van der Waals surface area contributed by atoms with Crippen molar-refractivity contribution in [1.29, 1.82) is 0 Å². The Hall–Kier alpha value is -4.04. The summed E-state index contributed by atoms with van der Waals surface area (Å²) >= 11 is 1.28. The fourth-order valence-corrected chi connectivity index (χ4v) is 4.04. The molecule has 0 saturated carbocycles. The highest BCUT2D eigenvalue weighted by Gasteiger charge is 2.18. The number of hydrogen-bond donors (Lipinski definition) is 2. The minimum atomic E-state index is -0.323. The maximum Gasteiger partial charge on any atom is 0.231 e. The van der Waals surface area contributed by atoms with Gasteiger partial charge in [0.1, 0.15) is 17.3 Å². The van der Waals surface area contributed by atoms with Crippen LogP contribution in [0.1, 0.15) is 28.6 Å². The minimum Gasteiger partial charge on any atom is -0.497 e. The minimum absolute atomic E-state index is 0.127. The van der Waals surface area contributed by atoms with Crippen LogP contribution in [0.4, 0.5) is 0 Å². The van der Waals surface area contributed by atoms with E-state index in [2.05, 4.69) is 20.5 Å². The number of carbonyl (C=O) groups excluding carboxylic acids is 1. The Morgan fingerprint density at radius 2 is 1.51 bits per heavy atom. The lowest BCUT2D eigenvalue weighted by molar-refractivity contribution is -0.119. The van der Waals surface area contributed by atoms with Crippen molar-refractivity contribution in [3.8, 4) is 11.5 Å². The molecule has 35 heavy (non-hydrogen) atoms. The summed E-state index contributed by atoms with van der Waals surface area (Å²) in [5, 5.41) is 10.7. The number of rotatable bonds is 10. The quantitative estimate of drug-likeness (QED) is 0.307. The molecule has 8 heteroatoms. The van der Waals surface area contributed by atoms with Gasteiger partial charge in [0, 0.05) is 0 Å². The van der Waals surface area contributed by atoms with E-state index in [9.17, 15) is 4.79 Å². The predicted octanol–water partition coefficient (Wildman–Crippen LogP) is 4.99. The summed E-state index contributed by atoms with van der Waals surface area (Å²) in [6.45, 7) is 0. The lowest BCUT2D eigenvalue weighted by atomic mass is 9.98. The number of nitrogens with one attached hydrogen (secondary N) is 2. The van der Waals surface area contributed by atoms with E-state index in [0.29, 0.717) is 11.0 Å². The van der Waals surface area contributed by atoms with Crippen molar-refractivity contribution in [2.75, 3.05) is 20.0 Å². The van der Waals surface area contributed by atoms with Crippen LogP contribution in [0.2, 0.25) is 0 Å². The highest BCUT2D eigenvalue weighted by atomic mass is 32.2. The lowest BCUT2D eigenvalue weighted by Gasteiger charge is -2.20. The van der Waals surface area contributed by atoms with Crippen LogP contribution in [0, 0.1) is 0 Å². The maximum atomic E-state index is 12.9. The molecular weight excluding hydrogens is 460 g/mol. The molecule has 0 fully saturated rings. The molecule has 1 aromatic heterocycles. The number of aromatic amines is 1. The molecule has 0 atom stereocenters. The van der Waals surface area contributed by atoms with Crippen LogP contribution in [0.3, 0.4) is 0 Å². The van der Waals surface area contributed by atoms with E-state index >= 15 is 0 Å². The summed E-state index contributed by atoms with van der Waals surface area (Å²) in [6, 6.07) is 24.9. The van der Waals surface area contributed by atoms with E-state index in [1.54, 1.807) is 14.2 Å². The van der Waals surface area contributed by atoms with Crippen LogP contribution in [0.5, 0.6) is 11.5 Å². The number of amides is 1. The summed E-state index contributed by atoms with van der Waals surface area (Å²) in [5.74, 6) is 2.20. The first kappa shape index (κ1) is 24.1. The molecule has 178 valence electrons. The molecule has 4 aromatic rings. The van der Waals surface area contributed by atoms with Crippen molar-refractivity contribution >= 4 is 29.8 Å². The number of benzene rings is 3. The molecule has 0 spiro atoms. The van der Waals surface area contributed by atoms with Crippen molar-refractivity contribution in [3.05, 3.63) is 101 Å². The summed E-state index contributed by atoms with van der Waals surface area (Å²) in [5.41, 5.74) is 2.96. The molecular formula is C27H26N4O3S. The van der Waals surface area contributed by atoms with Gasteiger partial charge in [0.15, 0.2) is 0 Å². The molecule has 1 heterocycles. The first-order chi connectivity index (χ1) is 17.1. The van der Waals surface area contributed by atoms with Gasteiger partial charge in [0.05, 0.1) is 26.0 Å². The largest absolute Gasteiger partial charge is 0.497 e. The van der Waals surface area contributed by atoms with E-state index in [0.717, 1.165) is 28.2 Å². The summed E-state index contributed by atoms with van der Waals surface area (Å²) < 4.78 is 10.5. The van der Waals surface area contributed by atoms with Gasteiger partial charge in [0.25, 0.3) is 0 Å². The Morgan fingerprint density at radius 1 is 0.914 bits per heavy atom. The number of ether oxygens (including phenoxy) is 2. The van der Waals surface area contributed by atoms with Gasteiger partial charge in [-0.25, -0.2) is 4.98 Å². The number of H-pyrrole nitrogens is 1. The first-order valence-corrected chi connectivity index (χ1v) is 12.0. The average Bonchev–Trinajstić information content (AvgIpc) is 3.38. The molecule has 0 radical (unpaired) electrons. The van der Waals surface area contributed by atoms with Crippen molar-refractivity contribution in [3.63, 3.8) is 0 Å². The van der Waals surface area contributed by atoms with Crippen molar-refractivity contribution in [1.82, 2.24) is 20.5 Å². The van der Waals surface area contributed by atoms with Gasteiger partial charge < -0.3 is 14.8 Å². The molecule has 0 unspecified atom stereocenters. The molecule has 0 aliphatic carbocycles. The number of methoxy groups -OCH3 is 2. The number of carbonyl (C=O) groups is 1. The molecule has 4 rings (SSSR count). The monoisotopic (exact) mass is 486 g/mol. The van der Waals surface area contributed by atoms with Crippen LogP contribution in [0.15, 0.2) is 84.0 Å². The highest BCUT2D eigenvalue weighted by molar-refractivity contribution is 7.99. The predicted molar refractivity (Wildman–Crippen MR) is 138 cm³/mol. The zero-order valence-electron chi connectivity index (χ0n) is 19.5. The zero-order chi connectivity index (χ0) is 24.5. The van der Waals surface area contributed by atoms with Gasteiger partial charge in [-0.05, 0) is 47.0 Å². The van der Waals surface area contributed by atoms with Crippen molar-refractivity contribution in [2.45, 2.75) is 11.2 Å². The summed E-state index contributed by atoms with van der Waals surface area (Å²) in [7, 11) is 3.25. The molecule has 3 aromatic carbocycles. The first-order valence-electron chi connectivity index (χ1n) is 11.0. The number of aromatic nitrogens is 3. The van der Waals surface area contributed by atoms with Gasteiger partial charge in [-0.2, -0.15) is 0 Å². The Morgan fingerprint density at radius 3 is 2.09 bits per heavy atom. The van der Waals surface area contributed by atoms with Gasteiger partial charge in [-0.15, -0.1) is 5.10 Å². The molecule has 7 nitrogen and oxygen atoms in total. The normalized spacial score (nSPS) is 11.1. The number of hydrogen-bond acceptors (Lipinski definition) is 6. The fraction of sp³-hybridized carbons (Fsp3) is 0.148. The van der Waals surface area contributed by atoms with Gasteiger partial charge in [-0.1, -0.05) is 72.4 Å². The van der Waals surface area contributed by atoms with E-state index < -0.39 is 0 Å². The number of nitrogens with zero attached hydrogens (tertiary/aromatic N) is 2. The van der Waals surface area contributed by atoms with Crippen LogP contribution >= 0.6 is 11.8 Å². The molecule has 1 amide bonds. The van der Waals surface area contributed by atoms with E-state index in [4.69, 9.17) is 9.47 Å².